The number of hydrogen-bond acceptors (Lipinski definition) is 7. The summed E-state index contributed by atoms with van der Waals surface area (Å²) < 4.78 is 34.2. The molecular weight excluding hydrogens is 665 g/mol. The van der Waals surface area contributed by atoms with Crippen molar-refractivity contribution >= 4 is 19.8 Å². The van der Waals surface area contributed by atoms with Crippen molar-refractivity contribution in [1.82, 2.24) is 0 Å². The molecule has 0 aromatic heterocycles. The van der Waals surface area contributed by atoms with Gasteiger partial charge in [-0.05, 0) is 64.2 Å². The standard InChI is InChI=1S/C41H78NO8P/c1-6-8-10-12-14-16-18-20-22-24-26-28-30-32-34-41(44)50-39(38-49-51(45,46)48-36-35-42(3,4)5)37-47-40(43)33-31-29-27-25-23-21-19-17-15-13-11-9-7-2/h18,20-21,23,39H,6-17,19,22,24-38H2,1-5H3/p+1/b20-18+,23-21+/t39-/m1/s1. The van der Waals surface area contributed by atoms with Crippen molar-refractivity contribution in [3.05, 3.63) is 24.3 Å². The molecule has 10 heteroatoms. The smallest absolute Gasteiger partial charge is 0.462 e. The van der Waals surface area contributed by atoms with E-state index in [9.17, 15) is 19.0 Å². The number of carbonyl (C=O) groups excluding carboxylic acids is 2. The third-order valence-corrected chi connectivity index (χ3v) is 9.69. The second kappa shape index (κ2) is 34.3. The molecule has 1 N–H and O–H groups in total. The van der Waals surface area contributed by atoms with Gasteiger partial charge in [0.15, 0.2) is 6.10 Å². The molecule has 1 unspecified atom stereocenters. The van der Waals surface area contributed by atoms with E-state index in [-0.39, 0.29) is 32.0 Å². The van der Waals surface area contributed by atoms with Crippen LogP contribution in [0.3, 0.4) is 0 Å². The molecule has 0 heterocycles. The van der Waals surface area contributed by atoms with E-state index in [1.54, 1.807) is 0 Å². The van der Waals surface area contributed by atoms with Crippen LogP contribution >= 0.6 is 7.82 Å². The SMILES string of the molecule is CCCCCCC/C=C/CCCCCCCC(=O)O[C@H](COC(=O)CCCCC/C=C/CCCCCCCC)COP(=O)(O)OCC[N+](C)(C)C. The summed E-state index contributed by atoms with van der Waals surface area (Å²) >= 11 is 0. The van der Waals surface area contributed by atoms with Gasteiger partial charge in [-0.1, -0.05) is 122 Å². The Kier molecular flexibility index (Phi) is 33.3. The van der Waals surface area contributed by atoms with Gasteiger partial charge in [-0.15, -0.1) is 0 Å². The van der Waals surface area contributed by atoms with E-state index in [1.165, 1.54) is 77.0 Å². The molecule has 0 spiro atoms. The molecule has 0 aliphatic heterocycles. The van der Waals surface area contributed by atoms with Gasteiger partial charge in [0.25, 0.3) is 0 Å². The molecule has 0 fully saturated rings. The fourth-order valence-corrected chi connectivity index (χ4v) is 6.16. The monoisotopic (exact) mass is 745 g/mol. The van der Waals surface area contributed by atoms with Gasteiger partial charge in [0.1, 0.15) is 19.8 Å². The van der Waals surface area contributed by atoms with E-state index in [1.807, 2.05) is 21.1 Å². The summed E-state index contributed by atoms with van der Waals surface area (Å²) in [6, 6.07) is 0. The first kappa shape index (κ1) is 49.5. The molecule has 0 bridgehead atoms. The van der Waals surface area contributed by atoms with Crippen LogP contribution in [0.1, 0.15) is 174 Å². The Hall–Kier alpha value is -1.51. The summed E-state index contributed by atoms with van der Waals surface area (Å²) in [5.74, 6) is -0.826. The van der Waals surface area contributed by atoms with Crippen molar-refractivity contribution in [2.24, 2.45) is 0 Å². The Balaban J connectivity index is 4.44. The number of likely N-dealkylation sites (N-methyl/N-ethyl adjacent to an activating group) is 1. The van der Waals surface area contributed by atoms with Crippen LogP contribution in [0.4, 0.5) is 0 Å². The minimum atomic E-state index is -4.37. The lowest BCUT2D eigenvalue weighted by Crippen LogP contribution is -2.37. The number of carbonyl (C=O) groups is 2. The number of nitrogens with zero attached hydrogens (tertiary/aromatic N) is 1. The third kappa shape index (κ3) is 38.0. The molecule has 0 aliphatic rings. The lowest BCUT2D eigenvalue weighted by Gasteiger charge is -2.24. The predicted octanol–water partition coefficient (Wildman–Crippen LogP) is 11.2. The van der Waals surface area contributed by atoms with Crippen LogP contribution in [-0.2, 0) is 32.7 Å². The maximum Gasteiger partial charge on any atom is 0.472 e. The number of phosphoric ester groups is 1. The van der Waals surface area contributed by atoms with Crippen LogP contribution in [0.2, 0.25) is 0 Å². The van der Waals surface area contributed by atoms with Crippen molar-refractivity contribution in [1.29, 1.82) is 0 Å². The molecular formula is C41H79NO8P+. The van der Waals surface area contributed by atoms with Crippen molar-refractivity contribution in [3.8, 4) is 0 Å². The molecule has 0 amide bonds. The zero-order valence-electron chi connectivity index (χ0n) is 33.6. The minimum absolute atomic E-state index is 0.0288. The summed E-state index contributed by atoms with van der Waals surface area (Å²) in [5, 5.41) is 0. The van der Waals surface area contributed by atoms with Gasteiger partial charge in [0, 0.05) is 12.8 Å². The molecule has 0 rings (SSSR count). The fraction of sp³-hybridized carbons (Fsp3) is 0.854. The molecule has 9 nitrogen and oxygen atoms in total. The maximum atomic E-state index is 12.6. The first-order valence-electron chi connectivity index (χ1n) is 20.6. The van der Waals surface area contributed by atoms with Gasteiger partial charge in [0.05, 0.1) is 27.7 Å². The minimum Gasteiger partial charge on any atom is -0.462 e. The van der Waals surface area contributed by atoms with Crippen molar-refractivity contribution < 1.29 is 42.1 Å². The van der Waals surface area contributed by atoms with E-state index >= 15 is 0 Å². The molecule has 0 aromatic carbocycles. The van der Waals surface area contributed by atoms with Gasteiger partial charge >= 0.3 is 19.8 Å². The highest BCUT2D eigenvalue weighted by Crippen LogP contribution is 2.43. The Morgan fingerprint density at radius 1 is 0.588 bits per heavy atom. The highest BCUT2D eigenvalue weighted by atomic mass is 31.2. The molecule has 2 atom stereocenters. The van der Waals surface area contributed by atoms with E-state index < -0.39 is 26.5 Å². The highest BCUT2D eigenvalue weighted by molar-refractivity contribution is 7.47. The molecule has 0 aromatic rings. The second-order valence-electron chi connectivity index (χ2n) is 15.0. The van der Waals surface area contributed by atoms with E-state index in [4.69, 9.17) is 18.5 Å². The molecule has 51 heavy (non-hydrogen) atoms. The van der Waals surface area contributed by atoms with Gasteiger partial charge < -0.3 is 18.9 Å². The topological polar surface area (TPSA) is 108 Å². The summed E-state index contributed by atoms with van der Waals surface area (Å²) in [4.78, 5) is 35.2. The largest absolute Gasteiger partial charge is 0.472 e. The Labute approximate surface area is 313 Å². The second-order valence-corrected chi connectivity index (χ2v) is 16.5. The first-order chi connectivity index (χ1) is 24.5. The van der Waals surface area contributed by atoms with Gasteiger partial charge in [-0.3, -0.25) is 18.6 Å². The number of esters is 2. The lowest BCUT2D eigenvalue weighted by atomic mass is 10.1. The highest BCUT2D eigenvalue weighted by Gasteiger charge is 2.27. The van der Waals surface area contributed by atoms with Crippen molar-refractivity contribution in [2.75, 3.05) is 47.5 Å². The van der Waals surface area contributed by atoms with Crippen LogP contribution in [-0.4, -0.2) is 74.9 Å². The summed E-state index contributed by atoms with van der Waals surface area (Å²) in [6.45, 7) is 4.37. The van der Waals surface area contributed by atoms with Crippen LogP contribution in [0.5, 0.6) is 0 Å². The average molecular weight is 745 g/mol. The summed E-state index contributed by atoms with van der Waals surface area (Å²) in [6.07, 6.45) is 35.1. The van der Waals surface area contributed by atoms with Gasteiger partial charge in [-0.2, -0.15) is 0 Å². The number of rotatable bonds is 37. The number of ether oxygens (including phenoxy) is 2. The number of hydrogen-bond donors (Lipinski definition) is 1. The van der Waals surface area contributed by atoms with Crippen LogP contribution in [0.15, 0.2) is 24.3 Å². The molecule has 300 valence electrons. The quantitative estimate of drug-likeness (QED) is 0.0220. The number of allylic oxidation sites excluding steroid dienone is 4. The molecule has 0 saturated carbocycles. The Bertz CT molecular complexity index is 933. The number of phosphoric acid groups is 1. The molecule has 0 saturated heterocycles. The maximum absolute atomic E-state index is 12.6. The van der Waals surface area contributed by atoms with E-state index in [2.05, 4.69) is 38.2 Å². The van der Waals surface area contributed by atoms with Gasteiger partial charge in [0.2, 0.25) is 0 Å². The average Bonchev–Trinajstić information content (AvgIpc) is 3.07. The number of quaternary nitrogens is 1. The van der Waals surface area contributed by atoms with E-state index in [0.29, 0.717) is 23.9 Å². The zero-order valence-corrected chi connectivity index (χ0v) is 34.5. The van der Waals surface area contributed by atoms with Gasteiger partial charge in [-0.25, -0.2) is 4.57 Å². The zero-order chi connectivity index (χ0) is 37.9. The predicted molar refractivity (Wildman–Crippen MR) is 211 cm³/mol. The van der Waals surface area contributed by atoms with Crippen LogP contribution in [0, 0.1) is 0 Å². The Morgan fingerprint density at radius 3 is 1.47 bits per heavy atom. The van der Waals surface area contributed by atoms with Crippen LogP contribution < -0.4 is 0 Å². The summed E-state index contributed by atoms with van der Waals surface area (Å²) in [5.41, 5.74) is 0. The Morgan fingerprint density at radius 2 is 1.00 bits per heavy atom. The van der Waals surface area contributed by atoms with Crippen molar-refractivity contribution in [3.63, 3.8) is 0 Å². The summed E-state index contributed by atoms with van der Waals surface area (Å²) in [7, 11) is 1.46. The lowest BCUT2D eigenvalue weighted by molar-refractivity contribution is -0.870. The van der Waals surface area contributed by atoms with Crippen molar-refractivity contribution in [2.45, 2.75) is 180 Å². The first-order valence-corrected chi connectivity index (χ1v) is 22.1. The number of unbranched alkanes of at least 4 members (excludes halogenated alkanes) is 19. The fourth-order valence-electron chi connectivity index (χ4n) is 5.41. The normalized spacial score (nSPS) is 13.9. The molecule has 0 radical (unpaired) electrons. The molecule has 0 aliphatic carbocycles. The third-order valence-electron chi connectivity index (χ3n) is 8.70. The van der Waals surface area contributed by atoms with E-state index in [0.717, 1.165) is 57.8 Å². The van der Waals surface area contributed by atoms with Crippen LogP contribution in [0.25, 0.3) is 0 Å².